The molecule has 4 rings (SSSR count). The highest BCUT2D eigenvalue weighted by molar-refractivity contribution is 6.65. The van der Waals surface area contributed by atoms with Gasteiger partial charge >= 0.3 is 0 Å². The standard InChI is InChI=1S/C28H25Cl4N3O2/c1-4-37-23-14-20(27(2,3)15-33)22(31)13-21(23)28(26(32)36)34-24(16-5-9-18(29)10-6-16)25(35-28)17-7-11-19(30)12-8-17/h5-14,24-25,34-35H,4H2,1-3H3/t24-,25+,28?. The molecule has 1 fully saturated rings. The predicted molar refractivity (Wildman–Crippen MR) is 148 cm³/mol. The van der Waals surface area contributed by atoms with Crippen LogP contribution in [0.5, 0.6) is 5.75 Å². The van der Waals surface area contributed by atoms with E-state index in [1.165, 1.54) is 0 Å². The van der Waals surface area contributed by atoms with Gasteiger partial charge < -0.3 is 4.74 Å². The smallest absolute Gasteiger partial charge is 0.261 e. The van der Waals surface area contributed by atoms with Gasteiger partial charge in [-0.3, -0.25) is 15.4 Å². The number of hydrogen-bond donors (Lipinski definition) is 2. The quantitative estimate of drug-likeness (QED) is 0.286. The zero-order valence-electron chi connectivity index (χ0n) is 20.4. The fraction of sp³-hybridized carbons (Fsp3) is 0.286. The average molecular weight is 577 g/mol. The van der Waals surface area contributed by atoms with Gasteiger partial charge in [0.2, 0.25) is 0 Å². The van der Waals surface area contributed by atoms with E-state index in [1.807, 2.05) is 31.2 Å². The molecule has 3 atom stereocenters. The highest BCUT2D eigenvalue weighted by atomic mass is 35.5. The third kappa shape index (κ3) is 5.33. The molecule has 3 aromatic rings. The molecule has 9 heteroatoms. The lowest BCUT2D eigenvalue weighted by molar-refractivity contribution is -0.118. The van der Waals surface area contributed by atoms with Gasteiger partial charge in [0.15, 0.2) is 5.66 Å². The minimum atomic E-state index is -1.56. The molecular formula is C28H25Cl4N3O2. The number of halogens is 4. The summed E-state index contributed by atoms with van der Waals surface area (Å²) in [5, 5.41) is 17.4. The van der Waals surface area contributed by atoms with Crippen molar-refractivity contribution in [2.75, 3.05) is 6.61 Å². The Kier molecular flexibility index (Phi) is 8.11. The topological polar surface area (TPSA) is 74.1 Å². The Balaban J connectivity index is 1.92. The van der Waals surface area contributed by atoms with Crippen LogP contribution in [-0.4, -0.2) is 11.8 Å². The summed E-state index contributed by atoms with van der Waals surface area (Å²) in [6.45, 7) is 5.70. The molecule has 5 nitrogen and oxygen atoms in total. The van der Waals surface area contributed by atoms with Crippen LogP contribution in [0.2, 0.25) is 15.1 Å². The third-order valence-electron chi connectivity index (χ3n) is 6.56. The van der Waals surface area contributed by atoms with Gasteiger partial charge in [0.1, 0.15) is 5.75 Å². The van der Waals surface area contributed by atoms with E-state index in [9.17, 15) is 10.1 Å². The number of ether oxygens (including phenoxy) is 1. The molecule has 192 valence electrons. The lowest BCUT2D eigenvalue weighted by Crippen LogP contribution is -2.51. The second-order valence-electron chi connectivity index (χ2n) is 9.37. The van der Waals surface area contributed by atoms with Gasteiger partial charge in [0, 0.05) is 20.6 Å². The molecule has 1 saturated heterocycles. The number of carbonyl (C=O) groups is 1. The van der Waals surface area contributed by atoms with Crippen molar-refractivity contribution in [1.29, 1.82) is 5.26 Å². The minimum Gasteiger partial charge on any atom is -0.493 e. The summed E-state index contributed by atoms with van der Waals surface area (Å²) in [6, 6.07) is 19.6. The minimum absolute atomic E-state index is 0.323. The SMILES string of the molecule is CCOc1cc(C(C)(C)C#N)c(Cl)cc1C1(C(=O)Cl)N[C@H](c2ccc(Cl)cc2)[C@H](c2ccc(Cl)cc2)N1. The lowest BCUT2D eigenvalue weighted by atomic mass is 9.84. The first-order valence-corrected chi connectivity index (χ1v) is 13.2. The molecule has 37 heavy (non-hydrogen) atoms. The molecule has 1 aliphatic rings. The van der Waals surface area contributed by atoms with Crippen molar-refractivity contribution in [1.82, 2.24) is 10.6 Å². The molecule has 0 saturated carbocycles. The van der Waals surface area contributed by atoms with Crippen LogP contribution < -0.4 is 15.4 Å². The number of rotatable bonds is 7. The van der Waals surface area contributed by atoms with Gasteiger partial charge in [0.25, 0.3) is 5.24 Å². The van der Waals surface area contributed by atoms with Crippen LogP contribution in [0.25, 0.3) is 0 Å². The predicted octanol–water partition coefficient (Wildman–Crippen LogP) is 7.44. The highest BCUT2D eigenvalue weighted by Gasteiger charge is 2.52. The molecule has 0 aromatic heterocycles. The van der Waals surface area contributed by atoms with E-state index >= 15 is 0 Å². The van der Waals surface area contributed by atoms with E-state index in [0.29, 0.717) is 38.6 Å². The molecule has 3 aromatic carbocycles. The molecule has 1 heterocycles. The summed E-state index contributed by atoms with van der Waals surface area (Å²) in [4.78, 5) is 13.3. The lowest BCUT2D eigenvalue weighted by Gasteiger charge is -2.31. The van der Waals surface area contributed by atoms with Gasteiger partial charge in [0.05, 0.1) is 30.2 Å². The molecule has 0 aliphatic carbocycles. The number of nitriles is 1. The van der Waals surface area contributed by atoms with Crippen molar-refractivity contribution in [2.45, 2.75) is 43.9 Å². The van der Waals surface area contributed by atoms with Crippen LogP contribution in [-0.2, 0) is 15.9 Å². The Morgan fingerprint density at radius 3 is 1.86 bits per heavy atom. The maximum Gasteiger partial charge on any atom is 0.261 e. The average Bonchev–Trinajstić information content (AvgIpc) is 3.28. The van der Waals surface area contributed by atoms with E-state index in [0.717, 1.165) is 11.1 Å². The zero-order chi connectivity index (χ0) is 27.0. The maximum atomic E-state index is 13.3. The number of hydrogen-bond acceptors (Lipinski definition) is 5. The first-order valence-electron chi connectivity index (χ1n) is 11.7. The maximum absolute atomic E-state index is 13.3. The van der Waals surface area contributed by atoms with Gasteiger partial charge in [-0.2, -0.15) is 5.26 Å². The number of benzene rings is 3. The van der Waals surface area contributed by atoms with Crippen molar-refractivity contribution < 1.29 is 9.53 Å². The Morgan fingerprint density at radius 2 is 1.46 bits per heavy atom. The number of nitrogens with zero attached hydrogens (tertiary/aromatic N) is 1. The fourth-order valence-corrected chi connectivity index (χ4v) is 5.46. The Bertz CT molecular complexity index is 1300. The first-order chi connectivity index (χ1) is 17.5. The fourth-order valence-electron chi connectivity index (χ4n) is 4.60. The summed E-state index contributed by atoms with van der Waals surface area (Å²) in [5.74, 6) is 0.394. The summed E-state index contributed by atoms with van der Waals surface area (Å²) in [7, 11) is 0. The Labute approximate surface area is 236 Å². The van der Waals surface area contributed by atoms with Crippen molar-refractivity contribution in [2.24, 2.45) is 0 Å². The molecule has 1 aliphatic heterocycles. The van der Waals surface area contributed by atoms with Crippen molar-refractivity contribution in [3.63, 3.8) is 0 Å². The van der Waals surface area contributed by atoms with Crippen LogP contribution in [0.3, 0.4) is 0 Å². The van der Waals surface area contributed by atoms with E-state index < -0.39 is 16.3 Å². The van der Waals surface area contributed by atoms with Crippen LogP contribution in [0.15, 0.2) is 60.7 Å². The van der Waals surface area contributed by atoms with E-state index in [4.69, 9.17) is 51.1 Å². The first kappa shape index (κ1) is 27.7. The van der Waals surface area contributed by atoms with E-state index in [1.54, 1.807) is 50.2 Å². The van der Waals surface area contributed by atoms with Gasteiger partial charge in [-0.25, -0.2) is 0 Å². The highest BCUT2D eigenvalue weighted by Crippen LogP contribution is 2.46. The zero-order valence-corrected chi connectivity index (χ0v) is 23.4. The van der Waals surface area contributed by atoms with E-state index in [2.05, 4.69) is 16.7 Å². The normalized spacial score (nSPS) is 21.5. The molecule has 0 spiro atoms. The van der Waals surface area contributed by atoms with Crippen LogP contribution in [0, 0.1) is 11.3 Å². The van der Waals surface area contributed by atoms with E-state index in [-0.39, 0.29) is 12.1 Å². The molecule has 0 amide bonds. The van der Waals surface area contributed by atoms with Crippen molar-refractivity contribution in [3.05, 3.63) is 98.0 Å². The van der Waals surface area contributed by atoms with Crippen LogP contribution in [0.1, 0.15) is 55.1 Å². The number of nitrogens with one attached hydrogen (secondary N) is 2. The van der Waals surface area contributed by atoms with Gasteiger partial charge in [-0.1, -0.05) is 59.1 Å². The summed E-state index contributed by atoms with van der Waals surface area (Å²) >= 11 is 25.4. The second kappa shape index (κ2) is 10.8. The monoisotopic (exact) mass is 575 g/mol. The Hall–Kier alpha value is -2.30. The molecule has 0 radical (unpaired) electrons. The second-order valence-corrected chi connectivity index (χ2v) is 11.0. The largest absolute Gasteiger partial charge is 0.493 e. The Morgan fingerprint density at radius 1 is 0.973 bits per heavy atom. The molecule has 0 bridgehead atoms. The third-order valence-corrected chi connectivity index (χ3v) is 7.66. The van der Waals surface area contributed by atoms with Crippen molar-refractivity contribution in [3.8, 4) is 11.8 Å². The summed E-state index contributed by atoms with van der Waals surface area (Å²) < 4.78 is 5.98. The number of carbonyl (C=O) groups excluding carboxylic acids is 1. The van der Waals surface area contributed by atoms with Crippen LogP contribution in [0.4, 0.5) is 0 Å². The van der Waals surface area contributed by atoms with Crippen LogP contribution >= 0.6 is 46.4 Å². The van der Waals surface area contributed by atoms with Gasteiger partial charge in [-0.15, -0.1) is 0 Å². The van der Waals surface area contributed by atoms with Crippen molar-refractivity contribution >= 4 is 51.6 Å². The molecular weight excluding hydrogens is 552 g/mol. The molecule has 1 unspecified atom stereocenters. The summed E-state index contributed by atoms with van der Waals surface area (Å²) in [5.41, 5.74) is 0.355. The summed E-state index contributed by atoms with van der Waals surface area (Å²) in [6.07, 6.45) is 0. The molecule has 2 N–H and O–H groups in total. The van der Waals surface area contributed by atoms with Gasteiger partial charge in [-0.05, 0) is 85.5 Å².